The normalized spacial score (nSPS) is 17.4. The van der Waals surface area contributed by atoms with Crippen LogP contribution >= 0.6 is 11.6 Å². The van der Waals surface area contributed by atoms with Crippen molar-refractivity contribution in [3.63, 3.8) is 0 Å². The number of aryl methyl sites for hydroxylation is 1. The molecular weight excluding hydrogens is 312 g/mol. The number of benzene rings is 2. The van der Waals surface area contributed by atoms with Gasteiger partial charge in [0.2, 0.25) is 5.91 Å². The Kier molecular flexibility index (Phi) is 4.35. The molecule has 0 aliphatic carbocycles. The molecule has 1 N–H and O–H groups in total. The number of hydrogen-bond acceptors (Lipinski definition) is 2. The lowest BCUT2D eigenvalue weighted by atomic mass is 10.2. The molecule has 1 atom stereocenters. The lowest BCUT2D eigenvalue weighted by Gasteiger charge is -2.17. The predicted molar refractivity (Wildman–Crippen MR) is 90.9 cm³/mol. The van der Waals surface area contributed by atoms with Crippen LogP contribution in [0.5, 0.6) is 0 Å². The molecule has 1 aliphatic rings. The summed E-state index contributed by atoms with van der Waals surface area (Å²) in [7, 11) is 0. The maximum atomic E-state index is 12.2. The lowest BCUT2D eigenvalue weighted by Crippen LogP contribution is -2.37. The summed E-state index contributed by atoms with van der Waals surface area (Å²) >= 11 is 5.82. The minimum atomic E-state index is -0.190. The maximum absolute atomic E-state index is 12.2. The standard InChI is InChI=1S/C18H17ClN2O2/c1-12-2-8-16(9-3-12)21-11-15(10-17(21)22)20-18(23)13-4-6-14(19)7-5-13/h2-9,15H,10-11H2,1H3,(H,20,23)/t15-/m0/s1. The highest BCUT2D eigenvalue weighted by Gasteiger charge is 2.31. The van der Waals surface area contributed by atoms with Gasteiger partial charge in [-0.2, -0.15) is 0 Å². The number of carbonyl (C=O) groups excluding carboxylic acids is 2. The van der Waals surface area contributed by atoms with Gasteiger partial charge in [-0.1, -0.05) is 29.3 Å². The molecule has 5 heteroatoms. The summed E-state index contributed by atoms with van der Waals surface area (Å²) < 4.78 is 0. The van der Waals surface area contributed by atoms with Crippen LogP contribution in [0.15, 0.2) is 48.5 Å². The van der Waals surface area contributed by atoms with Crippen LogP contribution in [-0.2, 0) is 4.79 Å². The zero-order chi connectivity index (χ0) is 16.4. The van der Waals surface area contributed by atoms with Gasteiger partial charge in [0.1, 0.15) is 0 Å². The second kappa shape index (κ2) is 6.42. The van der Waals surface area contributed by atoms with Crippen LogP contribution in [-0.4, -0.2) is 24.4 Å². The molecular formula is C18H17ClN2O2. The van der Waals surface area contributed by atoms with Gasteiger partial charge < -0.3 is 10.2 Å². The zero-order valence-corrected chi connectivity index (χ0v) is 13.5. The molecule has 2 amide bonds. The van der Waals surface area contributed by atoms with Crippen LogP contribution in [0.2, 0.25) is 5.02 Å². The van der Waals surface area contributed by atoms with E-state index < -0.39 is 0 Å². The second-order valence-electron chi connectivity index (χ2n) is 5.72. The Hall–Kier alpha value is -2.33. The van der Waals surface area contributed by atoms with Gasteiger partial charge in [0.15, 0.2) is 0 Å². The Morgan fingerprint density at radius 1 is 1.13 bits per heavy atom. The van der Waals surface area contributed by atoms with Gasteiger partial charge in [-0.15, -0.1) is 0 Å². The number of amides is 2. The third kappa shape index (κ3) is 3.54. The summed E-state index contributed by atoms with van der Waals surface area (Å²) in [6, 6.07) is 14.3. The average Bonchev–Trinajstić information content (AvgIpc) is 2.89. The van der Waals surface area contributed by atoms with E-state index in [0.29, 0.717) is 23.6 Å². The minimum absolute atomic E-state index is 0.0234. The van der Waals surface area contributed by atoms with E-state index in [4.69, 9.17) is 11.6 Å². The summed E-state index contributed by atoms with van der Waals surface area (Å²) in [5.74, 6) is -0.166. The fourth-order valence-electron chi connectivity index (χ4n) is 2.65. The molecule has 0 aromatic heterocycles. The highest BCUT2D eigenvalue weighted by atomic mass is 35.5. The molecule has 1 fully saturated rings. The van der Waals surface area contributed by atoms with Gasteiger partial charge in [0.05, 0.1) is 6.04 Å². The Morgan fingerprint density at radius 2 is 1.78 bits per heavy atom. The van der Waals surface area contributed by atoms with E-state index in [0.717, 1.165) is 11.3 Å². The van der Waals surface area contributed by atoms with Crippen molar-refractivity contribution < 1.29 is 9.59 Å². The van der Waals surface area contributed by atoms with E-state index in [-0.39, 0.29) is 17.9 Å². The van der Waals surface area contributed by atoms with Gasteiger partial charge >= 0.3 is 0 Å². The van der Waals surface area contributed by atoms with Crippen LogP contribution < -0.4 is 10.2 Å². The molecule has 0 radical (unpaired) electrons. The van der Waals surface area contributed by atoms with Crippen LogP contribution in [0.25, 0.3) is 0 Å². The lowest BCUT2D eigenvalue weighted by molar-refractivity contribution is -0.117. The van der Waals surface area contributed by atoms with Gasteiger partial charge in [-0.25, -0.2) is 0 Å². The molecule has 3 rings (SSSR count). The predicted octanol–water partition coefficient (Wildman–Crippen LogP) is 3.18. The summed E-state index contributed by atoms with van der Waals surface area (Å²) in [5, 5.41) is 3.50. The largest absolute Gasteiger partial charge is 0.347 e. The Morgan fingerprint density at radius 3 is 2.43 bits per heavy atom. The van der Waals surface area contributed by atoms with E-state index in [1.165, 1.54) is 0 Å². The van der Waals surface area contributed by atoms with Gasteiger partial charge in [-0.05, 0) is 43.3 Å². The molecule has 2 aromatic rings. The Labute approximate surface area is 140 Å². The first kappa shape index (κ1) is 15.6. The quantitative estimate of drug-likeness (QED) is 0.940. The van der Waals surface area contributed by atoms with Crippen LogP contribution in [0, 0.1) is 6.92 Å². The Balaban J connectivity index is 1.66. The third-order valence-corrected chi connectivity index (χ3v) is 4.16. The van der Waals surface area contributed by atoms with Crippen molar-refractivity contribution >= 4 is 29.1 Å². The molecule has 2 aromatic carbocycles. The third-order valence-electron chi connectivity index (χ3n) is 3.91. The van der Waals surface area contributed by atoms with E-state index in [1.807, 2.05) is 31.2 Å². The molecule has 23 heavy (non-hydrogen) atoms. The minimum Gasteiger partial charge on any atom is -0.347 e. The van der Waals surface area contributed by atoms with Crippen molar-refractivity contribution in [2.75, 3.05) is 11.4 Å². The summed E-state index contributed by atoms with van der Waals surface area (Å²) in [6.45, 7) is 2.49. The van der Waals surface area contributed by atoms with Crippen molar-refractivity contribution in [1.82, 2.24) is 5.32 Å². The van der Waals surface area contributed by atoms with Gasteiger partial charge in [0, 0.05) is 29.2 Å². The molecule has 1 aliphatic heterocycles. The van der Waals surface area contributed by atoms with Gasteiger partial charge in [-0.3, -0.25) is 9.59 Å². The zero-order valence-electron chi connectivity index (χ0n) is 12.8. The molecule has 118 valence electrons. The SMILES string of the molecule is Cc1ccc(N2C[C@@H](NC(=O)c3ccc(Cl)cc3)CC2=O)cc1. The first-order chi connectivity index (χ1) is 11.0. The van der Waals surface area contributed by atoms with E-state index in [9.17, 15) is 9.59 Å². The molecule has 1 saturated heterocycles. The number of hydrogen-bond donors (Lipinski definition) is 1. The van der Waals surface area contributed by atoms with Crippen molar-refractivity contribution in [3.05, 3.63) is 64.7 Å². The first-order valence-electron chi connectivity index (χ1n) is 7.46. The molecule has 0 bridgehead atoms. The molecule has 0 saturated carbocycles. The van der Waals surface area contributed by atoms with Crippen LogP contribution in [0.4, 0.5) is 5.69 Å². The fraction of sp³-hybridized carbons (Fsp3) is 0.222. The fourth-order valence-corrected chi connectivity index (χ4v) is 2.77. The van der Waals surface area contributed by atoms with Crippen LogP contribution in [0.3, 0.4) is 0 Å². The number of anilines is 1. The average molecular weight is 329 g/mol. The number of halogens is 1. The summed E-state index contributed by atoms with van der Waals surface area (Å²) in [5.41, 5.74) is 2.55. The summed E-state index contributed by atoms with van der Waals surface area (Å²) in [4.78, 5) is 26.1. The molecule has 0 unspecified atom stereocenters. The van der Waals surface area contributed by atoms with Crippen LogP contribution in [0.1, 0.15) is 22.3 Å². The monoisotopic (exact) mass is 328 g/mol. The van der Waals surface area contributed by atoms with Crippen molar-refractivity contribution in [2.24, 2.45) is 0 Å². The number of nitrogens with zero attached hydrogens (tertiary/aromatic N) is 1. The van der Waals surface area contributed by atoms with Crippen molar-refractivity contribution in [1.29, 1.82) is 0 Å². The highest BCUT2D eigenvalue weighted by Crippen LogP contribution is 2.22. The topological polar surface area (TPSA) is 49.4 Å². The summed E-state index contributed by atoms with van der Waals surface area (Å²) in [6.07, 6.45) is 0.313. The smallest absolute Gasteiger partial charge is 0.251 e. The van der Waals surface area contributed by atoms with Gasteiger partial charge in [0.25, 0.3) is 5.91 Å². The van der Waals surface area contributed by atoms with E-state index in [2.05, 4.69) is 5.32 Å². The number of rotatable bonds is 3. The second-order valence-corrected chi connectivity index (χ2v) is 6.16. The molecule has 1 heterocycles. The maximum Gasteiger partial charge on any atom is 0.251 e. The number of nitrogens with one attached hydrogen (secondary N) is 1. The molecule has 4 nitrogen and oxygen atoms in total. The Bertz CT molecular complexity index is 726. The highest BCUT2D eigenvalue weighted by molar-refractivity contribution is 6.30. The number of carbonyl (C=O) groups is 2. The first-order valence-corrected chi connectivity index (χ1v) is 7.84. The van der Waals surface area contributed by atoms with Crippen molar-refractivity contribution in [2.45, 2.75) is 19.4 Å². The van der Waals surface area contributed by atoms with E-state index >= 15 is 0 Å². The van der Waals surface area contributed by atoms with E-state index in [1.54, 1.807) is 29.2 Å². The molecule has 0 spiro atoms. The van der Waals surface area contributed by atoms with Crippen molar-refractivity contribution in [3.8, 4) is 0 Å².